The Bertz CT molecular complexity index is 414. The first-order valence-electron chi connectivity index (χ1n) is 5.02. The first-order valence-corrected chi connectivity index (χ1v) is 5.40. The second kappa shape index (κ2) is 3.93. The predicted molar refractivity (Wildman–Crippen MR) is 56.6 cm³/mol. The molecule has 0 saturated carbocycles. The molecule has 16 heavy (non-hydrogen) atoms. The maximum atomic E-state index is 12.6. The van der Waals surface area contributed by atoms with Crippen LogP contribution in [0.15, 0.2) is 12.1 Å². The number of alkyl halides is 3. The predicted octanol–water partition coefficient (Wildman–Crippen LogP) is 3.57. The second-order valence-electron chi connectivity index (χ2n) is 3.95. The molecule has 1 aliphatic rings. The molecule has 1 nitrogen and oxygen atoms in total. The van der Waals surface area contributed by atoms with Gasteiger partial charge in [-0.05, 0) is 43.1 Å². The number of halogens is 4. The van der Waals surface area contributed by atoms with Gasteiger partial charge in [0.15, 0.2) is 0 Å². The number of fused-ring (bicyclic) bond motifs is 1. The highest BCUT2D eigenvalue weighted by Gasteiger charge is 2.33. The Hall–Kier alpha value is -0.740. The van der Waals surface area contributed by atoms with E-state index in [0.29, 0.717) is 18.5 Å². The summed E-state index contributed by atoms with van der Waals surface area (Å²) >= 11 is 5.91. The molecule has 0 bridgehead atoms. The minimum atomic E-state index is -4.33. The zero-order chi connectivity index (χ0) is 11.9. The molecular weight excluding hydrogens is 239 g/mol. The fraction of sp³-hybridized carbons (Fsp3) is 0.455. The number of hydrogen-bond acceptors (Lipinski definition) is 1. The van der Waals surface area contributed by atoms with Gasteiger partial charge in [0.25, 0.3) is 0 Å². The third-order valence-electron chi connectivity index (χ3n) is 2.82. The lowest BCUT2D eigenvalue weighted by molar-refractivity contribution is -0.137. The highest BCUT2D eigenvalue weighted by molar-refractivity contribution is 6.31. The monoisotopic (exact) mass is 249 g/mol. The van der Waals surface area contributed by atoms with Gasteiger partial charge >= 0.3 is 6.18 Å². The highest BCUT2D eigenvalue weighted by atomic mass is 35.5. The van der Waals surface area contributed by atoms with Gasteiger partial charge in [-0.15, -0.1) is 0 Å². The van der Waals surface area contributed by atoms with Gasteiger partial charge in [-0.1, -0.05) is 11.6 Å². The van der Waals surface area contributed by atoms with E-state index in [1.54, 1.807) is 0 Å². The average Bonchev–Trinajstić information content (AvgIpc) is 2.15. The van der Waals surface area contributed by atoms with Crippen LogP contribution in [0.3, 0.4) is 0 Å². The van der Waals surface area contributed by atoms with Crippen LogP contribution in [0, 0.1) is 0 Å². The highest BCUT2D eigenvalue weighted by Crippen LogP contribution is 2.37. The molecule has 0 aromatic heterocycles. The Kier molecular flexibility index (Phi) is 2.88. The quantitative estimate of drug-likeness (QED) is 0.741. The number of benzene rings is 1. The first-order chi connectivity index (χ1) is 7.39. The summed E-state index contributed by atoms with van der Waals surface area (Å²) in [7, 11) is 0. The van der Waals surface area contributed by atoms with Crippen LogP contribution in [-0.2, 0) is 12.6 Å². The summed E-state index contributed by atoms with van der Waals surface area (Å²) in [4.78, 5) is 0. The van der Waals surface area contributed by atoms with Crippen molar-refractivity contribution in [2.24, 2.45) is 0 Å². The summed E-state index contributed by atoms with van der Waals surface area (Å²) < 4.78 is 37.7. The molecule has 0 radical (unpaired) electrons. The van der Waals surface area contributed by atoms with Crippen molar-refractivity contribution in [1.82, 2.24) is 5.32 Å². The van der Waals surface area contributed by atoms with E-state index in [1.807, 2.05) is 6.92 Å². The topological polar surface area (TPSA) is 12.0 Å². The van der Waals surface area contributed by atoms with Crippen LogP contribution in [0.2, 0.25) is 5.02 Å². The fourth-order valence-electron chi connectivity index (χ4n) is 2.06. The Labute approximate surface area is 96.6 Å². The SMILES string of the molecule is C[C@@H]1NCCc2cc(C(F)(F)F)cc(Cl)c21. The van der Waals surface area contributed by atoms with E-state index >= 15 is 0 Å². The van der Waals surface area contributed by atoms with Crippen molar-refractivity contribution >= 4 is 11.6 Å². The van der Waals surface area contributed by atoms with Crippen molar-refractivity contribution in [1.29, 1.82) is 0 Å². The molecule has 0 aliphatic carbocycles. The van der Waals surface area contributed by atoms with Gasteiger partial charge in [0, 0.05) is 11.1 Å². The van der Waals surface area contributed by atoms with Crippen LogP contribution in [0.4, 0.5) is 13.2 Å². The Morgan fingerprint density at radius 1 is 1.38 bits per heavy atom. The maximum absolute atomic E-state index is 12.6. The van der Waals surface area contributed by atoms with Crippen molar-refractivity contribution in [3.8, 4) is 0 Å². The van der Waals surface area contributed by atoms with Gasteiger partial charge in [0.2, 0.25) is 0 Å². The molecule has 5 heteroatoms. The second-order valence-corrected chi connectivity index (χ2v) is 4.36. The van der Waals surface area contributed by atoms with E-state index in [1.165, 1.54) is 6.07 Å². The zero-order valence-electron chi connectivity index (χ0n) is 8.66. The van der Waals surface area contributed by atoms with E-state index in [0.717, 1.165) is 11.6 Å². The molecule has 1 aromatic rings. The average molecular weight is 250 g/mol. The summed E-state index contributed by atoms with van der Waals surface area (Å²) in [6.07, 6.45) is -3.74. The minimum Gasteiger partial charge on any atom is -0.310 e. The van der Waals surface area contributed by atoms with Crippen LogP contribution >= 0.6 is 11.6 Å². The van der Waals surface area contributed by atoms with E-state index in [4.69, 9.17) is 11.6 Å². The van der Waals surface area contributed by atoms with Crippen LogP contribution in [0.5, 0.6) is 0 Å². The van der Waals surface area contributed by atoms with Gasteiger partial charge in [-0.25, -0.2) is 0 Å². The smallest absolute Gasteiger partial charge is 0.310 e. The van der Waals surface area contributed by atoms with Gasteiger partial charge in [0.05, 0.1) is 5.56 Å². The van der Waals surface area contributed by atoms with Crippen molar-refractivity contribution in [2.45, 2.75) is 25.6 Å². The molecule has 1 aromatic carbocycles. The molecule has 1 N–H and O–H groups in total. The first kappa shape index (κ1) is 11.7. The van der Waals surface area contributed by atoms with Gasteiger partial charge in [-0.2, -0.15) is 13.2 Å². The van der Waals surface area contributed by atoms with Crippen molar-refractivity contribution in [3.05, 3.63) is 33.8 Å². The molecule has 2 rings (SSSR count). The molecule has 0 saturated heterocycles. The van der Waals surface area contributed by atoms with E-state index in [-0.39, 0.29) is 11.1 Å². The summed E-state index contributed by atoms with van der Waals surface area (Å²) in [5, 5.41) is 3.37. The fourth-order valence-corrected chi connectivity index (χ4v) is 2.46. The van der Waals surface area contributed by atoms with Crippen molar-refractivity contribution in [2.75, 3.05) is 6.54 Å². The molecule has 0 fully saturated rings. The lowest BCUT2D eigenvalue weighted by Gasteiger charge is -2.26. The van der Waals surface area contributed by atoms with E-state index < -0.39 is 11.7 Å². The standard InChI is InChI=1S/C11H11ClF3N/c1-6-10-7(2-3-16-6)4-8(5-9(10)12)11(13,14)15/h4-6,16H,2-3H2,1H3/t6-/m0/s1. The Morgan fingerprint density at radius 2 is 2.06 bits per heavy atom. The normalized spacial score (nSPS) is 20.7. The minimum absolute atomic E-state index is 0.0125. The number of hydrogen-bond donors (Lipinski definition) is 1. The molecule has 0 spiro atoms. The van der Waals surface area contributed by atoms with Gasteiger partial charge in [-0.3, -0.25) is 0 Å². The number of rotatable bonds is 0. The van der Waals surface area contributed by atoms with Gasteiger partial charge < -0.3 is 5.32 Å². The van der Waals surface area contributed by atoms with E-state index in [9.17, 15) is 13.2 Å². The van der Waals surface area contributed by atoms with Crippen LogP contribution in [-0.4, -0.2) is 6.54 Å². The lowest BCUT2D eigenvalue weighted by atomic mass is 9.93. The maximum Gasteiger partial charge on any atom is 0.416 e. The van der Waals surface area contributed by atoms with Crippen molar-refractivity contribution < 1.29 is 13.2 Å². The summed E-state index contributed by atoms with van der Waals surface area (Å²) in [5.74, 6) is 0. The molecule has 1 aliphatic heterocycles. The van der Waals surface area contributed by atoms with Crippen molar-refractivity contribution in [3.63, 3.8) is 0 Å². The lowest BCUT2D eigenvalue weighted by Crippen LogP contribution is -2.28. The third kappa shape index (κ3) is 2.04. The number of nitrogens with one attached hydrogen (secondary N) is 1. The summed E-state index contributed by atoms with van der Waals surface area (Å²) in [6.45, 7) is 2.59. The molecular formula is C11H11ClF3N. The molecule has 0 amide bonds. The van der Waals surface area contributed by atoms with E-state index in [2.05, 4.69) is 5.32 Å². The summed E-state index contributed by atoms with van der Waals surface area (Å²) in [5.41, 5.74) is 0.831. The Balaban J connectivity index is 2.54. The molecule has 0 unspecified atom stereocenters. The largest absolute Gasteiger partial charge is 0.416 e. The van der Waals surface area contributed by atoms with Crippen LogP contribution < -0.4 is 5.32 Å². The van der Waals surface area contributed by atoms with Gasteiger partial charge in [0.1, 0.15) is 0 Å². The zero-order valence-corrected chi connectivity index (χ0v) is 9.41. The van der Waals surface area contributed by atoms with Crippen LogP contribution in [0.1, 0.15) is 29.7 Å². The molecule has 1 heterocycles. The van der Waals surface area contributed by atoms with Crippen LogP contribution in [0.25, 0.3) is 0 Å². The Morgan fingerprint density at radius 3 is 2.69 bits per heavy atom. The molecule has 1 atom stereocenters. The third-order valence-corrected chi connectivity index (χ3v) is 3.13. The summed E-state index contributed by atoms with van der Waals surface area (Å²) in [6, 6.07) is 2.22. The molecule has 88 valence electrons.